The lowest BCUT2D eigenvalue weighted by Crippen LogP contribution is -2.45. The number of rotatable bonds is 2. The van der Waals surface area contributed by atoms with Gasteiger partial charge in [-0.2, -0.15) is 13.2 Å². The van der Waals surface area contributed by atoms with Crippen LogP contribution in [0.15, 0.2) is 18.2 Å². The molecule has 2 aromatic rings. The van der Waals surface area contributed by atoms with Crippen LogP contribution >= 0.6 is 0 Å². The zero-order valence-electron chi connectivity index (χ0n) is 14.6. The number of fused-ring (bicyclic) bond motifs is 1. The van der Waals surface area contributed by atoms with Crippen LogP contribution in [0.5, 0.6) is 5.75 Å². The van der Waals surface area contributed by atoms with Crippen LogP contribution in [0.25, 0.3) is 10.9 Å². The number of nitrogens with zero attached hydrogens (tertiary/aromatic N) is 2. The van der Waals surface area contributed by atoms with E-state index in [-0.39, 0.29) is 16.7 Å². The Bertz CT molecular complexity index is 856. The zero-order valence-corrected chi connectivity index (χ0v) is 14.6. The average molecular weight is 386 g/mol. The average Bonchev–Trinajstić information content (AvgIpc) is 3.09. The van der Waals surface area contributed by atoms with Gasteiger partial charge in [-0.25, -0.2) is 9.37 Å². The molecule has 0 radical (unpaired) electrons. The lowest BCUT2D eigenvalue weighted by atomic mass is 10.0. The number of ether oxygens (including phenoxy) is 3. The van der Waals surface area contributed by atoms with E-state index in [2.05, 4.69) is 4.98 Å². The van der Waals surface area contributed by atoms with Crippen molar-refractivity contribution in [3.8, 4) is 5.75 Å². The standard InChI is InChI=1S/C18H18F4N2O3/c1-25-13-10-14(18(20,21)22)23-16-12(3-2-11(19)15(13)16)24-6-4-17(5-7-24)26-8-9-27-17/h2-3,10H,4-9H2,1H3. The Kier molecular flexibility index (Phi) is 4.38. The van der Waals surface area contributed by atoms with Crippen molar-refractivity contribution in [3.05, 3.63) is 29.7 Å². The summed E-state index contributed by atoms with van der Waals surface area (Å²) in [5, 5.41) is -0.0587. The minimum absolute atomic E-state index is 0.0587. The first kappa shape index (κ1) is 18.2. The number of halogens is 4. The summed E-state index contributed by atoms with van der Waals surface area (Å²) in [4.78, 5) is 5.61. The van der Waals surface area contributed by atoms with Crippen LogP contribution in [0.2, 0.25) is 0 Å². The molecule has 3 heterocycles. The molecule has 0 atom stereocenters. The van der Waals surface area contributed by atoms with Gasteiger partial charge in [-0.15, -0.1) is 0 Å². The van der Waals surface area contributed by atoms with Gasteiger partial charge in [0.25, 0.3) is 0 Å². The fourth-order valence-corrected chi connectivity index (χ4v) is 3.69. The molecule has 4 rings (SSSR count). The Morgan fingerprint density at radius 1 is 1.15 bits per heavy atom. The van der Waals surface area contributed by atoms with Gasteiger partial charge in [-0.1, -0.05) is 0 Å². The Morgan fingerprint density at radius 2 is 1.81 bits per heavy atom. The van der Waals surface area contributed by atoms with Crippen molar-refractivity contribution in [3.63, 3.8) is 0 Å². The highest BCUT2D eigenvalue weighted by molar-refractivity contribution is 5.95. The number of methoxy groups -OCH3 is 1. The van der Waals surface area contributed by atoms with Crippen LogP contribution in [0, 0.1) is 5.82 Å². The number of anilines is 1. The molecule has 27 heavy (non-hydrogen) atoms. The van der Waals surface area contributed by atoms with Crippen LogP contribution in [0.3, 0.4) is 0 Å². The van der Waals surface area contributed by atoms with Crippen molar-refractivity contribution in [1.82, 2.24) is 4.98 Å². The molecule has 2 saturated heterocycles. The molecule has 1 aromatic carbocycles. The van der Waals surface area contributed by atoms with Crippen LogP contribution in [-0.4, -0.2) is 44.2 Å². The SMILES string of the molecule is COc1cc(C(F)(F)F)nc2c(N3CCC4(CC3)OCCO4)ccc(F)c12. The molecule has 2 aliphatic heterocycles. The summed E-state index contributed by atoms with van der Waals surface area (Å²) in [5.41, 5.74) is -0.746. The molecular weight excluding hydrogens is 368 g/mol. The predicted molar refractivity (Wildman–Crippen MR) is 89.3 cm³/mol. The zero-order chi connectivity index (χ0) is 19.2. The van der Waals surface area contributed by atoms with E-state index < -0.39 is 23.5 Å². The maximum absolute atomic E-state index is 14.4. The number of pyridine rings is 1. The summed E-state index contributed by atoms with van der Waals surface area (Å²) in [7, 11) is 1.21. The molecule has 5 nitrogen and oxygen atoms in total. The van der Waals surface area contributed by atoms with Crippen molar-refractivity contribution in [2.24, 2.45) is 0 Å². The highest BCUT2D eigenvalue weighted by Gasteiger charge is 2.40. The van der Waals surface area contributed by atoms with Gasteiger partial charge in [0.15, 0.2) is 5.79 Å². The molecule has 146 valence electrons. The summed E-state index contributed by atoms with van der Waals surface area (Å²) in [6.07, 6.45) is -3.52. The number of aromatic nitrogens is 1. The highest BCUT2D eigenvalue weighted by Crippen LogP contribution is 2.40. The minimum atomic E-state index is -4.66. The van der Waals surface area contributed by atoms with Gasteiger partial charge in [0, 0.05) is 32.0 Å². The van der Waals surface area contributed by atoms with Gasteiger partial charge in [0.05, 0.1) is 31.4 Å². The lowest BCUT2D eigenvalue weighted by molar-refractivity contribution is -0.169. The quantitative estimate of drug-likeness (QED) is 0.736. The topological polar surface area (TPSA) is 43.8 Å². The van der Waals surface area contributed by atoms with Crippen LogP contribution in [0.4, 0.5) is 23.2 Å². The van der Waals surface area contributed by atoms with E-state index in [0.29, 0.717) is 44.8 Å². The third kappa shape index (κ3) is 3.19. The van der Waals surface area contributed by atoms with Crippen molar-refractivity contribution in [2.75, 3.05) is 38.3 Å². The fourth-order valence-electron chi connectivity index (χ4n) is 3.69. The molecule has 0 bridgehead atoms. The summed E-state index contributed by atoms with van der Waals surface area (Å²) in [5.74, 6) is -1.49. The van der Waals surface area contributed by atoms with Gasteiger partial charge in [-0.05, 0) is 12.1 Å². The second-order valence-electron chi connectivity index (χ2n) is 6.59. The van der Waals surface area contributed by atoms with Gasteiger partial charge >= 0.3 is 6.18 Å². The number of hydrogen-bond donors (Lipinski definition) is 0. The number of piperidine rings is 1. The number of alkyl halides is 3. The molecule has 1 aromatic heterocycles. The largest absolute Gasteiger partial charge is 0.496 e. The minimum Gasteiger partial charge on any atom is -0.496 e. The molecular formula is C18H18F4N2O3. The number of hydrogen-bond acceptors (Lipinski definition) is 5. The maximum atomic E-state index is 14.4. The van der Waals surface area contributed by atoms with Crippen LogP contribution in [-0.2, 0) is 15.7 Å². The Hall–Kier alpha value is -2.13. The summed E-state index contributed by atoms with van der Waals surface area (Å²) in [6, 6.07) is 3.40. The number of benzene rings is 1. The Morgan fingerprint density at radius 3 is 2.41 bits per heavy atom. The summed E-state index contributed by atoms with van der Waals surface area (Å²) < 4.78 is 70.5. The van der Waals surface area contributed by atoms with E-state index in [9.17, 15) is 17.6 Å². The third-order valence-electron chi connectivity index (χ3n) is 5.04. The van der Waals surface area contributed by atoms with Gasteiger partial charge < -0.3 is 19.1 Å². The first-order valence-corrected chi connectivity index (χ1v) is 8.60. The lowest BCUT2D eigenvalue weighted by Gasteiger charge is -2.39. The van der Waals surface area contributed by atoms with Crippen molar-refractivity contribution in [1.29, 1.82) is 0 Å². The normalized spacial score (nSPS) is 19.8. The van der Waals surface area contributed by atoms with E-state index >= 15 is 0 Å². The van der Waals surface area contributed by atoms with E-state index in [1.165, 1.54) is 19.2 Å². The molecule has 2 fully saturated rings. The van der Waals surface area contributed by atoms with E-state index in [1.807, 2.05) is 4.90 Å². The molecule has 0 saturated carbocycles. The first-order valence-electron chi connectivity index (χ1n) is 8.60. The molecule has 0 unspecified atom stereocenters. The van der Waals surface area contributed by atoms with Crippen molar-refractivity contribution < 1.29 is 31.8 Å². The monoisotopic (exact) mass is 386 g/mol. The summed E-state index contributed by atoms with van der Waals surface area (Å²) >= 11 is 0. The fraction of sp³-hybridized carbons (Fsp3) is 0.500. The van der Waals surface area contributed by atoms with E-state index in [1.54, 1.807) is 0 Å². The molecule has 0 amide bonds. The molecule has 0 N–H and O–H groups in total. The smallest absolute Gasteiger partial charge is 0.433 e. The van der Waals surface area contributed by atoms with E-state index in [4.69, 9.17) is 14.2 Å². The van der Waals surface area contributed by atoms with Crippen LogP contribution in [0.1, 0.15) is 18.5 Å². The van der Waals surface area contributed by atoms with Gasteiger partial charge in [0.2, 0.25) is 0 Å². The first-order chi connectivity index (χ1) is 12.8. The van der Waals surface area contributed by atoms with E-state index in [0.717, 1.165) is 6.07 Å². The predicted octanol–water partition coefficient (Wildman–Crippen LogP) is 3.74. The summed E-state index contributed by atoms with van der Waals surface area (Å²) in [6.45, 7) is 2.07. The highest BCUT2D eigenvalue weighted by atomic mass is 19.4. The molecule has 9 heteroatoms. The Balaban J connectivity index is 1.78. The van der Waals surface area contributed by atoms with Gasteiger partial charge in [-0.3, -0.25) is 0 Å². The Labute approximate surface area is 152 Å². The second-order valence-corrected chi connectivity index (χ2v) is 6.59. The van der Waals surface area contributed by atoms with Gasteiger partial charge in [0.1, 0.15) is 22.8 Å². The van der Waals surface area contributed by atoms with Crippen molar-refractivity contribution >= 4 is 16.6 Å². The second kappa shape index (κ2) is 6.49. The third-order valence-corrected chi connectivity index (χ3v) is 5.04. The maximum Gasteiger partial charge on any atom is 0.433 e. The molecule has 0 aliphatic carbocycles. The molecule has 1 spiro atoms. The molecule has 2 aliphatic rings. The van der Waals surface area contributed by atoms with Crippen LogP contribution < -0.4 is 9.64 Å². The van der Waals surface area contributed by atoms with Crippen molar-refractivity contribution in [2.45, 2.75) is 24.8 Å².